The van der Waals surface area contributed by atoms with Gasteiger partial charge in [-0.2, -0.15) is 0 Å². The largest absolute Gasteiger partial charge is 0.366 e. The van der Waals surface area contributed by atoms with Crippen LogP contribution < -0.4 is 0 Å². The average molecular weight is 391 g/mol. The summed E-state index contributed by atoms with van der Waals surface area (Å²) in [7, 11) is 0. The molecule has 0 aliphatic heterocycles. The third-order valence-electron chi connectivity index (χ3n) is 9.21. The van der Waals surface area contributed by atoms with Gasteiger partial charge in [0, 0.05) is 0 Å². The zero-order valence-corrected chi connectivity index (χ0v) is 19.7. The van der Waals surface area contributed by atoms with Crippen molar-refractivity contribution < 1.29 is 9.84 Å². The number of ether oxygens (including phenoxy) is 1. The molecule has 0 amide bonds. The van der Waals surface area contributed by atoms with Gasteiger partial charge in [-0.1, -0.05) is 52.2 Å². The van der Waals surface area contributed by atoms with Crippen molar-refractivity contribution in [2.24, 2.45) is 34.5 Å². The van der Waals surface area contributed by atoms with Gasteiger partial charge in [0.15, 0.2) is 5.79 Å². The lowest BCUT2D eigenvalue weighted by atomic mass is 9.44. The first-order valence-electron chi connectivity index (χ1n) is 12.2. The molecule has 0 aromatic carbocycles. The van der Waals surface area contributed by atoms with E-state index in [9.17, 15) is 5.11 Å². The molecule has 0 heterocycles. The number of allylic oxidation sites excluding steroid dienone is 2. The highest BCUT2D eigenvalue weighted by atomic mass is 16.6. The first-order valence-corrected chi connectivity index (χ1v) is 12.2. The fourth-order valence-electron chi connectivity index (χ4n) is 8.05. The maximum atomic E-state index is 10.5. The van der Waals surface area contributed by atoms with Crippen LogP contribution in [-0.4, -0.2) is 17.0 Å². The van der Waals surface area contributed by atoms with Crippen molar-refractivity contribution in [2.75, 3.05) is 0 Å². The Morgan fingerprint density at radius 1 is 1.04 bits per heavy atom. The van der Waals surface area contributed by atoms with E-state index in [2.05, 4.69) is 26.8 Å². The second-order valence-corrected chi connectivity index (χ2v) is 10.9. The van der Waals surface area contributed by atoms with Gasteiger partial charge in [-0.15, -0.1) is 0 Å². The highest BCUT2D eigenvalue weighted by Crippen LogP contribution is 2.67. The van der Waals surface area contributed by atoms with Crippen molar-refractivity contribution in [1.82, 2.24) is 0 Å². The minimum absolute atomic E-state index is 0.233. The third-order valence-corrected chi connectivity index (χ3v) is 9.21. The molecule has 0 saturated heterocycles. The third kappa shape index (κ3) is 3.62. The van der Waals surface area contributed by atoms with Crippen LogP contribution in [0.3, 0.4) is 0 Å². The van der Waals surface area contributed by atoms with Crippen LogP contribution in [-0.2, 0) is 4.74 Å². The fourth-order valence-corrected chi connectivity index (χ4v) is 8.05. The SMILES string of the molecule is CC.CC=C1CCC2C3C(OC(C)(C)O)CC4CCCCC4(C)C3CCC12C. The second kappa shape index (κ2) is 8.06. The summed E-state index contributed by atoms with van der Waals surface area (Å²) in [5, 5.41) is 10.5. The van der Waals surface area contributed by atoms with Crippen LogP contribution in [0.4, 0.5) is 0 Å². The van der Waals surface area contributed by atoms with Crippen molar-refractivity contribution in [1.29, 1.82) is 0 Å². The fraction of sp³-hybridized carbons (Fsp3) is 0.923. The van der Waals surface area contributed by atoms with Gasteiger partial charge in [0.1, 0.15) is 0 Å². The lowest BCUT2D eigenvalue weighted by Crippen LogP contribution is -2.58. The number of fused-ring (bicyclic) bond motifs is 5. The van der Waals surface area contributed by atoms with E-state index in [1.807, 2.05) is 27.7 Å². The molecule has 1 N–H and O–H groups in total. The van der Waals surface area contributed by atoms with E-state index in [1.165, 1.54) is 57.8 Å². The highest BCUT2D eigenvalue weighted by Gasteiger charge is 2.61. The Balaban J connectivity index is 0.00000109. The van der Waals surface area contributed by atoms with E-state index < -0.39 is 5.79 Å². The lowest BCUT2D eigenvalue weighted by Gasteiger charge is -2.62. The molecule has 0 spiro atoms. The molecular weight excluding hydrogens is 344 g/mol. The van der Waals surface area contributed by atoms with Gasteiger partial charge in [0.25, 0.3) is 0 Å². The Morgan fingerprint density at radius 3 is 2.39 bits per heavy atom. The summed E-state index contributed by atoms with van der Waals surface area (Å²) >= 11 is 0. The summed E-state index contributed by atoms with van der Waals surface area (Å²) in [6, 6.07) is 0. The predicted molar refractivity (Wildman–Crippen MR) is 118 cm³/mol. The second-order valence-electron chi connectivity index (χ2n) is 10.9. The first-order chi connectivity index (χ1) is 13.2. The minimum Gasteiger partial charge on any atom is -0.366 e. The Hall–Kier alpha value is -0.340. The summed E-state index contributed by atoms with van der Waals surface area (Å²) in [4.78, 5) is 0. The van der Waals surface area contributed by atoms with Crippen LogP contribution in [0.2, 0.25) is 0 Å². The summed E-state index contributed by atoms with van der Waals surface area (Å²) in [5.41, 5.74) is 2.57. The van der Waals surface area contributed by atoms with Crippen molar-refractivity contribution in [3.8, 4) is 0 Å². The smallest absolute Gasteiger partial charge is 0.160 e. The van der Waals surface area contributed by atoms with Gasteiger partial charge >= 0.3 is 0 Å². The monoisotopic (exact) mass is 390 g/mol. The van der Waals surface area contributed by atoms with Gasteiger partial charge in [-0.25, -0.2) is 0 Å². The van der Waals surface area contributed by atoms with Crippen molar-refractivity contribution in [3.05, 3.63) is 11.6 Å². The molecule has 7 atom stereocenters. The average Bonchev–Trinajstić information content (AvgIpc) is 2.99. The molecule has 4 aliphatic carbocycles. The highest BCUT2D eigenvalue weighted by molar-refractivity contribution is 5.24. The standard InChI is InChI=1S/C24H40O2.C2H6/c1-6-16-10-11-18-21-19(12-14-24(16,18)5)23(4)13-8-7-9-17(23)15-20(21)26-22(2,3)25;1-2/h6,17-21,25H,7-15H2,1-5H3;1-2H3. The molecule has 7 unspecified atom stereocenters. The predicted octanol–water partition coefficient (Wildman–Crippen LogP) is 7.12. The van der Waals surface area contributed by atoms with Crippen LogP contribution in [0.15, 0.2) is 11.6 Å². The molecule has 2 nitrogen and oxygen atoms in total. The van der Waals surface area contributed by atoms with Crippen LogP contribution in [0, 0.1) is 34.5 Å². The van der Waals surface area contributed by atoms with Crippen molar-refractivity contribution in [3.63, 3.8) is 0 Å². The Bertz CT molecular complexity index is 573. The van der Waals surface area contributed by atoms with Crippen molar-refractivity contribution in [2.45, 2.75) is 118 Å². The Morgan fingerprint density at radius 2 is 1.75 bits per heavy atom. The molecular formula is C26H46O2. The number of rotatable bonds is 2. The molecule has 4 aliphatic rings. The van der Waals surface area contributed by atoms with Crippen LogP contribution >= 0.6 is 0 Å². The van der Waals surface area contributed by atoms with Crippen LogP contribution in [0.5, 0.6) is 0 Å². The van der Waals surface area contributed by atoms with Gasteiger partial charge in [-0.05, 0) is 100 Å². The van der Waals surface area contributed by atoms with Crippen LogP contribution in [0.1, 0.15) is 106 Å². The van der Waals surface area contributed by atoms with E-state index in [0.29, 0.717) is 16.7 Å². The quantitative estimate of drug-likeness (QED) is 0.402. The Kier molecular flexibility index (Phi) is 6.44. The zero-order valence-electron chi connectivity index (χ0n) is 19.7. The molecule has 162 valence electrons. The summed E-state index contributed by atoms with van der Waals surface area (Å²) in [5.74, 6) is 1.91. The maximum Gasteiger partial charge on any atom is 0.160 e. The van der Waals surface area contributed by atoms with Crippen molar-refractivity contribution >= 4 is 0 Å². The number of hydrogen-bond acceptors (Lipinski definition) is 2. The van der Waals surface area contributed by atoms with Gasteiger partial charge in [0.2, 0.25) is 0 Å². The summed E-state index contributed by atoms with van der Waals surface area (Å²) in [6.07, 6.45) is 14.7. The normalized spacial score (nSPS) is 46.9. The molecule has 4 rings (SSSR count). The lowest BCUT2D eigenvalue weighted by molar-refractivity contribution is -0.261. The molecule has 0 radical (unpaired) electrons. The Labute approximate surface area is 174 Å². The molecule has 0 aromatic heterocycles. The molecule has 0 aromatic rings. The molecule has 4 saturated carbocycles. The first kappa shape index (κ1) is 22.3. The van der Waals surface area contributed by atoms with E-state index >= 15 is 0 Å². The van der Waals surface area contributed by atoms with Crippen LogP contribution in [0.25, 0.3) is 0 Å². The summed E-state index contributed by atoms with van der Waals surface area (Å²) in [6.45, 7) is 15.0. The zero-order chi connectivity index (χ0) is 20.7. The topological polar surface area (TPSA) is 29.5 Å². The van der Waals surface area contributed by atoms with E-state index in [4.69, 9.17) is 4.74 Å². The molecule has 2 heteroatoms. The summed E-state index contributed by atoms with van der Waals surface area (Å²) < 4.78 is 6.40. The number of hydrogen-bond donors (Lipinski definition) is 1. The molecule has 0 bridgehead atoms. The molecule has 4 fully saturated rings. The van der Waals surface area contributed by atoms with E-state index in [0.717, 1.165) is 17.8 Å². The molecule has 28 heavy (non-hydrogen) atoms. The number of aliphatic hydroxyl groups is 1. The maximum absolute atomic E-state index is 10.5. The van der Waals surface area contributed by atoms with Gasteiger partial charge in [0.05, 0.1) is 6.10 Å². The van der Waals surface area contributed by atoms with E-state index in [1.54, 1.807) is 5.57 Å². The van der Waals surface area contributed by atoms with Gasteiger partial charge in [-0.3, -0.25) is 0 Å². The van der Waals surface area contributed by atoms with Gasteiger partial charge < -0.3 is 9.84 Å². The van der Waals surface area contributed by atoms with E-state index in [-0.39, 0.29) is 6.10 Å². The minimum atomic E-state index is -1.02.